The number of thiazole rings is 1. The molecule has 9 nitrogen and oxygen atoms in total. The first-order chi connectivity index (χ1) is 22.5. The first-order valence-electron chi connectivity index (χ1n) is 15.2. The van der Waals surface area contributed by atoms with Gasteiger partial charge in [0.1, 0.15) is 5.75 Å². The molecule has 3 aliphatic heterocycles. The topological polar surface area (TPSA) is 109 Å². The molecule has 0 spiro atoms. The molecule has 3 amide bonds. The number of aromatic nitrogens is 1. The van der Waals surface area contributed by atoms with E-state index >= 15 is 0 Å². The highest BCUT2D eigenvalue weighted by Gasteiger charge is 2.70. The lowest BCUT2D eigenvalue weighted by Gasteiger charge is -2.43. The predicted molar refractivity (Wildman–Crippen MR) is 167 cm³/mol. The SMILES string of the molecule is O=C(COc1ccc(Cl)cc1[C@@H]1c2sc(=O)[nH]c2S[C@@H]2[C@@H]3C[C@@H]([C@@H]4C(=O)N(c5ccccc5C(F)(F)F)C(=O)[C@@H]34)[C@H]12)N1CCOCC1. The molecule has 4 heterocycles. The lowest BCUT2D eigenvalue weighted by molar-refractivity contribution is -0.138. The molecule has 2 aliphatic carbocycles. The van der Waals surface area contributed by atoms with Crippen molar-refractivity contribution in [3.05, 3.63) is 73.2 Å². The number of benzene rings is 2. The monoisotopic (exact) mass is 705 g/mol. The second-order valence-corrected chi connectivity index (χ2v) is 15.1. The summed E-state index contributed by atoms with van der Waals surface area (Å²) in [4.78, 5) is 59.5. The van der Waals surface area contributed by atoms with Gasteiger partial charge in [0.25, 0.3) is 5.91 Å². The first kappa shape index (κ1) is 31.0. The van der Waals surface area contributed by atoms with E-state index in [2.05, 4.69) is 4.98 Å². The zero-order valence-electron chi connectivity index (χ0n) is 24.5. The minimum atomic E-state index is -4.75. The quantitative estimate of drug-likeness (QED) is 0.372. The molecule has 0 unspecified atom stereocenters. The van der Waals surface area contributed by atoms with E-state index in [1.807, 2.05) is 0 Å². The number of alkyl halides is 3. The lowest BCUT2D eigenvalue weighted by atomic mass is 9.68. The highest BCUT2D eigenvalue weighted by Crippen LogP contribution is 2.69. The number of aromatic amines is 1. The fraction of sp³-hybridized carbons (Fsp3) is 0.438. The Balaban J connectivity index is 1.17. The maximum atomic E-state index is 14.1. The first-order valence-corrected chi connectivity index (χ1v) is 17.3. The van der Waals surface area contributed by atoms with E-state index in [-0.39, 0.29) is 40.4 Å². The summed E-state index contributed by atoms with van der Waals surface area (Å²) < 4.78 is 53.5. The van der Waals surface area contributed by atoms with Crippen LogP contribution >= 0.6 is 34.7 Å². The van der Waals surface area contributed by atoms with Crippen LogP contribution in [0.2, 0.25) is 5.02 Å². The Morgan fingerprint density at radius 3 is 2.51 bits per heavy atom. The van der Waals surface area contributed by atoms with E-state index < -0.39 is 47.0 Å². The highest BCUT2D eigenvalue weighted by atomic mass is 35.5. The van der Waals surface area contributed by atoms with Crippen LogP contribution in [0, 0.1) is 29.6 Å². The van der Waals surface area contributed by atoms with Crippen molar-refractivity contribution >= 4 is 58.1 Å². The number of morpholine rings is 1. The fourth-order valence-electron chi connectivity index (χ4n) is 8.45. The maximum absolute atomic E-state index is 14.1. The number of H-pyrrole nitrogens is 1. The molecule has 2 bridgehead atoms. The van der Waals surface area contributed by atoms with Gasteiger partial charge < -0.3 is 19.4 Å². The van der Waals surface area contributed by atoms with Crippen molar-refractivity contribution in [3.8, 4) is 5.75 Å². The summed E-state index contributed by atoms with van der Waals surface area (Å²) in [6.07, 6.45) is -4.21. The molecule has 1 N–H and O–H groups in total. The number of rotatable bonds is 5. The molecule has 246 valence electrons. The molecule has 2 saturated carbocycles. The normalized spacial score (nSPS) is 29.6. The highest BCUT2D eigenvalue weighted by molar-refractivity contribution is 8.00. The van der Waals surface area contributed by atoms with Crippen molar-refractivity contribution in [2.75, 3.05) is 37.8 Å². The summed E-state index contributed by atoms with van der Waals surface area (Å²) in [6.45, 7) is 1.59. The van der Waals surface area contributed by atoms with Gasteiger partial charge in [0, 0.05) is 39.7 Å². The van der Waals surface area contributed by atoms with Gasteiger partial charge in [-0.2, -0.15) is 13.2 Å². The number of nitrogens with zero attached hydrogens (tertiary/aromatic N) is 2. The van der Waals surface area contributed by atoms with E-state index in [9.17, 15) is 32.3 Å². The number of ether oxygens (including phenoxy) is 2. The van der Waals surface area contributed by atoms with Crippen molar-refractivity contribution < 1.29 is 37.0 Å². The Bertz CT molecular complexity index is 1860. The van der Waals surface area contributed by atoms with E-state index in [4.69, 9.17) is 21.1 Å². The Labute approximate surface area is 279 Å². The molecule has 47 heavy (non-hydrogen) atoms. The molecule has 0 radical (unpaired) electrons. The van der Waals surface area contributed by atoms with Crippen molar-refractivity contribution in [1.82, 2.24) is 9.88 Å². The summed E-state index contributed by atoms with van der Waals surface area (Å²) >= 11 is 9.04. The minimum Gasteiger partial charge on any atom is -0.483 e. The number of anilines is 1. The predicted octanol–water partition coefficient (Wildman–Crippen LogP) is 5.02. The zero-order valence-corrected chi connectivity index (χ0v) is 26.9. The van der Waals surface area contributed by atoms with Crippen molar-refractivity contribution in [1.29, 1.82) is 0 Å². The van der Waals surface area contributed by atoms with Gasteiger partial charge >= 0.3 is 11.0 Å². The van der Waals surface area contributed by atoms with Crippen molar-refractivity contribution in [2.45, 2.75) is 28.8 Å². The Kier molecular flexibility index (Phi) is 7.50. The minimum absolute atomic E-state index is 0.199. The average molecular weight is 706 g/mol. The van der Waals surface area contributed by atoms with E-state index in [1.54, 1.807) is 23.1 Å². The second-order valence-electron chi connectivity index (χ2n) is 12.5. The van der Waals surface area contributed by atoms with E-state index in [0.29, 0.717) is 54.1 Å². The van der Waals surface area contributed by atoms with Crippen LogP contribution in [0.5, 0.6) is 5.75 Å². The average Bonchev–Trinajstić information content (AvgIpc) is 3.79. The molecule has 2 saturated heterocycles. The molecular weight excluding hydrogens is 679 g/mol. The number of hydrogen-bond donors (Lipinski definition) is 1. The number of fused-ring (bicyclic) bond motifs is 9. The number of hydrogen-bond acceptors (Lipinski definition) is 8. The number of para-hydroxylation sites is 1. The third-order valence-electron chi connectivity index (χ3n) is 10.2. The van der Waals surface area contributed by atoms with Gasteiger partial charge in [-0.15, -0.1) is 11.8 Å². The smallest absolute Gasteiger partial charge is 0.418 e. The van der Waals surface area contributed by atoms with Crippen LogP contribution in [0.25, 0.3) is 0 Å². The molecule has 2 aromatic carbocycles. The number of carbonyl (C=O) groups is 3. The van der Waals surface area contributed by atoms with Crippen LogP contribution in [-0.4, -0.2) is 65.8 Å². The number of thioether (sulfide) groups is 1. The molecule has 1 aromatic heterocycles. The van der Waals surface area contributed by atoms with Gasteiger partial charge in [0.15, 0.2) is 6.61 Å². The number of carbonyl (C=O) groups excluding carboxylic acids is 3. The Morgan fingerprint density at radius 1 is 1.04 bits per heavy atom. The number of halogens is 4. The third kappa shape index (κ3) is 4.93. The molecule has 8 rings (SSSR count). The van der Waals surface area contributed by atoms with Crippen molar-refractivity contribution in [3.63, 3.8) is 0 Å². The molecule has 7 atom stereocenters. The zero-order chi connectivity index (χ0) is 32.8. The van der Waals surface area contributed by atoms with Gasteiger partial charge in [0.05, 0.1) is 41.3 Å². The summed E-state index contributed by atoms with van der Waals surface area (Å²) in [5.74, 6) is -3.97. The molecule has 4 fully saturated rings. The van der Waals surface area contributed by atoms with Crippen molar-refractivity contribution in [2.24, 2.45) is 29.6 Å². The summed E-state index contributed by atoms with van der Waals surface area (Å²) in [7, 11) is 0. The largest absolute Gasteiger partial charge is 0.483 e. The van der Waals surface area contributed by atoms with Crippen LogP contribution in [0.4, 0.5) is 18.9 Å². The standard InChI is InChI=1S/C32H27ClF3N3O6S2/c33-14-5-6-20(45-13-21(40)38-7-9-44-10-8-38)15(11-14)22-23-16-12-17(26(23)46-28-27(22)47-31(43)37-28)25-24(16)29(41)39(30(25)42)19-4-2-1-3-18(19)32(34,35)36/h1-6,11,16-17,22-26H,7-10,12-13H2,(H,37,43)/t16-,17-,22+,23-,24+,25+,26-/m1/s1. The van der Waals surface area contributed by atoms with Gasteiger partial charge in [-0.3, -0.25) is 19.2 Å². The van der Waals surface area contributed by atoms with Crippen LogP contribution in [0.3, 0.4) is 0 Å². The number of imide groups is 1. The van der Waals surface area contributed by atoms with Gasteiger partial charge in [-0.1, -0.05) is 35.1 Å². The number of amides is 3. The van der Waals surface area contributed by atoms with Crippen LogP contribution < -0.4 is 14.5 Å². The van der Waals surface area contributed by atoms with E-state index in [0.717, 1.165) is 27.2 Å². The summed E-state index contributed by atoms with van der Waals surface area (Å²) in [6, 6.07) is 9.76. The van der Waals surface area contributed by atoms with Crippen LogP contribution in [0.1, 0.15) is 28.3 Å². The fourth-order valence-corrected chi connectivity index (χ4v) is 11.5. The summed E-state index contributed by atoms with van der Waals surface area (Å²) in [5.41, 5.74) is -0.833. The van der Waals surface area contributed by atoms with Gasteiger partial charge in [0.2, 0.25) is 11.8 Å². The van der Waals surface area contributed by atoms with E-state index in [1.165, 1.54) is 30.0 Å². The van der Waals surface area contributed by atoms with Gasteiger partial charge in [-0.05, 0) is 54.5 Å². The second kappa shape index (κ2) is 11.4. The van der Waals surface area contributed by atoms with Crippen LogP contribution in [0.15, 0.2) is 52.3 Å². The number of nitrogens with one attached hydrogen (secondary N) is 1. The van der Waals surface area contributed by atoms with Crippen LogP contribution in [-0.2, 0) is 25.3 Å². The maximum Gasteiger partial charge on any atom is 0.418 e. The Morgan fingerprint density at radius 2 is 1.77 bits per heavy atom. The molecule has 15 heteroatoms. The molecule has 3 aromatic rings. The lowest BCUT2D eigenvalue weighted by Crippen LogP contribution is -2.43. The molecular formula is C32H27ClF3N3O6S2. The Hall–Kier alpha value is -3.33. The summed E-state index contributed by atoms with van der Waals surface area (Å²) in [5, 5.41) is 0.858. The third-order valence-corrected chi connectivity index (χ3v) is 13.0. The molecule has 5 aliphatic rings. The van der Waals surface area contributed by atoms with Gasteiger partial charge in [-0.25, -0.2) is 4.90 Å².